The van der Waals surface area contributed by atoms with Crippen molar-refractivity contribution in [3.05, 3.63) is 64.4 Å². The second kappa shape index (κ2) is 5.94. The Morgan fingerprint density at radius 2 is 1.90 bits per heavy atom. The molecule has 0 spiro atoms. The van der Waals surface area contributed by atoms with Gasteiger partial charge in [-0.3, -0.25) is 0 Å². The molecule has 2 nitrogen and oxygen atoms in total. The number of hydrogen-bond acceptors (Lipinski definition) is 2. The van der Waals surface area contributed by atoms with Crippen LogP contribution in [-0.4, -0.2) is 19.6 Å². The topological polar surface area (TPSA) is 15.3 Å². The molecule has 1 fully saturated rings. The first-order chi connectivity index (χ1) is 9.77. The Morgan fingerprint density at radius 1 is 1.10 bits per heavy atom. The Kier molecular flexibility index (Phi) is 4.03. The number of hydrogen-bond donors (Lipinski definition) is 1. The molecule has 20 heavy (non-hydrogen) atoms. The van der Waals surface area contributed by atoms with Gasteiger partial charge in [-0.05, 0) is 33.6 Å². The van der Waals surface area contributed by atoms with Gasteiger partial charge in [0.05, 0.1) is 11.7 Å². The van der Waals surface area contributed by atoms with Crippen LogP contribution in [0, 0.1) is 5.82 Å². The molecule has 0 aliphatic carbocycles. The molecule has 2 aromatic carbocycles. The van der Waals surface area contributed by atoms with Crippen molar-refractivity contribution in [1.82, 2.24) is 5.32 Å². The summed E-state index contributed by atoms with van der Waals surface area (Å²) in [6, 6.07) is 15.5. The molecular formula is C16H16BrFN2. The summed E-state index contributed by atoms with van der Waals surface area (Å²) in [5.41, 5.74) is 1.86. The molecule has 1 saturated heterocycles. The van der Waals surface area contributed by atoms with E-state index in [0.717, 1.165) is 24.1 Å². The number of piperazine rings is 1. The average Bonchev–Trinajstić information content (AvgIpc) is 2.48. The molecule has 0 amide bonds. The number of anilines is 1. The van der Waals surface area contributed by atoms with Gasteiger partial charge < -0.3 is 10.2 Å². The van der Waals surface area contributed by atoms with Crippen molar-refractivity contribution in [1.29, 1.82) is 0 Å². The van der Waals surface area contributed by atoms with Crippen LogP contribution in [0.25, 0.3) is 0 Å². The molecule has 0 bridgehead atoms. The van der Waals surface area contributed by atoms with Crippen molar-refractivity contribution in [2.75, 3.05) is 24.5 Å². The van der Waals surface area contributed by atoms with Gasteiger partial charge >= 0.3 is 0 Å². The summed E-state index contributed by atoms with van der Waals surface area (Å²) in [7, 11) is 0. The molecule has 1 aliphatic rings. The number of nitrogens with zero attached hydrogens (tertiary/aromatic N) is 1. The minimum Gasteiger partial charge on any atom is -0.359 e. The van der Waals surface area contributed by atoms with Crippen LogP contribution >= 0.6 is 15.9 Å². The minimum atomic E-state index is -0.179. The van der Waals surface area contributed by atoms with E-state index in [0.29, 0.717) is 5.69 Å². The highest BCUT2D eigenvalue weighted by atomic mass is 79.9. The van der Waals surface area contributed by atoms with Crippen LogP contribution in [0.15, 0.2) is 53.0 Å². The largest absolute Gasteiger partial charge is 0.359 e. The second-order valence-corrected chi connectivity index (χ2v) is 5.75. The lowest BCUT2D eigenvalue weighted by Crippen LogP contribution is -2.46. The number of nitrogens with one attached hydrogen (secondary N) is 1. The highest BCUT2D eigenvalue weighted by Gasteiger charge is 2.27. The van der Waals surface area contributed by atoms with E-state index in [2.05, 4.69) is 38.3 Å². The van der Waals surface area contributed by atoms with E-state index in [1.54, 1.807) is 6.07 Å². The van der Waals surface area contributed by atoms with Gasteiger partial charge in [-0.25, -0.2) is 4.39 Å². The molecule has 3 rings (SSSR count). The van der Waals surface area contributed by atoms with Crippen molar-refractivity contribution in [2.24, 2.45) is 0 Å². The second-order valence-electron chi connectivity index (χ2n) is 4.89. The molecule has 4 heteroatoms. The fraction of sp³-hybridized carbons (Fsp3) is 0.250. The van der Waals surface area contributed by atoms with Gasteiger partial charge in [0.25, 0.3) is 0 Å². The summed E-state index contributed by atoms with van der Waals surface area (Å²) in [6.07, 6.45) is 0. The Labute approximate surface area is 126 Å². The summed E-state index contributed by atoms with van der Waals surface area (Å²) >= 11 is 3.48. The third-order valence-electron chi connectivity index (χ3n) is 3.65. The van der Waals surface area contributed by atoms with E-state index < -0.39 is 0 Å². The third kappa shape index (κ3) is 2.58. The molecule has 1 unspecified atom stereocenters. The van der Waals surface area contributed by atoms with Crippen molar-refractivity contribution in [3.8, 4) is 0 Å². The first-order valence-electron chi connectivity index (χ1n) is 6.73. The van der Waals surface area contributed by atoms with Gasteiger partial charge in [-0.1, -0.05) is 36.4 Å². The van der Waals surface area contributed by atoms with Crippen molar-refractivity contribution >= 4 is 21.6 Å². The molecule has 0 radical (unpaired) electrons. The zero-order valence-electron chi connectivity index (χ0n) is 11.0. The van der Waals surface area contributed by atoms with Crippen LogP contribution in [0.1, 0.15) is 11.6 Å². The van der Waals surface area contributed by atoms with Crippen LogP contribution in [0.4, 0.5) is 10.1 Å². The van der Waals surface area contributed by atoms with Gasteiger partial charge in [0.2, 0.25) is 0 Å². The predicted octanol–water partition coefficient (Wildman–Crippen LogP) is 3.74. The van der Waals surface area contributed by atoms with Crippen molar-refractivity contribution in [2.45, 2.75) is 6.04 Å². The smallest absolute Gasteiger partial charge is 0.147 e. The lowest BCUT2D eigenvalue weighted by molar-refractivity contribution is 0.480. The molecule has 1 N–H and O–H groups in total. The summed E-state index contributed by atoms with van der Waals surface area (Å²) in [5.74, 6) is -0.179. The summed E-state index contributed by atoms with van der Waals surface area (Å²) < 4.78 is 15.0. The van der Waals surface area contributed by atoms with E-state index in [9.17, 15) is 4.39 Å². The van der Waals surface area contributed by atoms with Crippen LogP contribution in [0.3, 0.4) is 0 Å². The van der Waals surface area contributed by atoms with E-state index >= 15 is 0 Å². The standard InChI is InChI=1S/C16H16BrFN2/c17-13-7-4-8-14(18)16(13)20-10-9-19-11-15(20)12-5-2-1-3-6-12/h1-8,15,19H,9-11H2. The maximum atomic E-state index is 14.2. The van der Waals surface area contributed by atoms with Crippen molar-refractivity contribution < 1.29 is 4.39 Å². The summed E-state index contributed by atoms with van der Waals surface area (Å²) in [5, 5.41) is 3.39. The van der Waals surface area contributed by atoms with E-state index in [4.69, 9.17) is 0 Å². The first kappa shape index (κ1) is 13.6. The van der Waals surface area contributed by atoms with E-state index in [-0.39, 0.29) is 11.9 Å². The van der Waals surface area contributed by atoms with Gasteiger partial charge in [0.15, 0.2) is 0 Å². The average molecular weight is 335 g/mol. The Balaban J connectivity index is 2.01. The Hall–Kier alpha value is -1.39. The minimum absolute atomic E-state index is 0.151. The normalized spacial score (nSPS) is 19.1. The van der Waals surface area contributed by atoms with E-state index in [1.165, 1.54) is 11.6 Å². The monoisotopic (exact) mass is 334 g/mol. The van der Waals surface area contributed by atoms with Crippen LogP contribution in [0.2, 0.25) is 0 Å². The molecule has 0 saturated carbocycles. The van der Waals surface area contributed by atoms with Crippen LogP contribution in [0.5, 0.6) is 0 Å². The molecule has 1 heterocycles. The highest BCUT2D eigenvalue weighted by Crippen LogP contribution is 2.35. The zero-order valence-corrected chi connectivity index (χ0v) is 12.6. The fourth-order valence-electron chi connectivity index (χ4n) is 2.71. The van der Waals surface area contributed by atoms with Gasteiger partial charge in [-0.2, -0.15) is 0 Å². The zero-order chi connectivity index (χ0) is 13.9. The third-order valence-corrected chi connectivity index (χ3v) is 4.29. The SMILES string of the molecule is Fc1cccc(Br)c1N1CCNCC1c1ccccc1. The lowest BCUT2D eigenvalue weighted by Gasteiger charge is -2.39. The predicted molar refractivity (Wildman–Crippen MR) is 83.5 cm³/mol. The molecule has 0 aromatic heterocycles. The highest BCUT2D eigenvalue weighted by molar-refractivity contribution is 9.10. The lowest BCUT2D eigenvalue weighted by atomic mass is 10.0. The maximum absolute atomic E-state index is 14.2. The molecule has 2 aromatic rings. The maximum Gasteiger partial charge on any atom is 0.147 e. The van der Waals surface area contributed by atoms with Crippen LogP contribution in [-0.2, 0) is 0 Å². The molecule has 104 valence electrons. The van der Waals surface area contributed by atoms with Gasteiger partial charge in [0.1, 0.15) is 5.82 Å². The molecule has 1 atom stereocenters. The summed E-state index contributed by atoms with van der Waals surface area (Å²) in [6.45, 7) is 2.48. The Morgan fingerprint density at radius 3 is 2.65 bits per heavy atom. The summed E-state index contributed by atoms with van der Waals surface area (Å²) in [4.78, 5) is 2.14. The molecular weight excluding hydrogens is 319 g/mol. The number of halogens is 2. The first-order valence-corrected chi connectivity index (χ1v) is 7.53. The number of benzene rings is 2. The Bertz CT molecular complexity index is 568. The van der Waals surface area contributed by atoms with Crippen LogP contribution < -0.4 is 10.2 Å². The fourth-order valence-corrected chi connectivity index (χ4v) is 3.28. The number of rotatable bonds is 2. The molecule has 1 aliphatic heterocycles. The van der Waals surface area contributed by atoms with Gasteiger partial charge in [-0.15, -0.1) is 0 Å². The van der Waals surface area contributed by atoms with Crippen molar-refractivity contribution in [3.63, 3.8) is 0 Å². The van der Waals surface area contributed by atoms with Gasteiger partial charge in [0, 0.05) is 24.1 Å². The van der Waals surface area contributed by atoms with E-state index in [1.807, 2.05) is 24.3 Å². The quantitative estimate of drug-likeness (QED) is 0.899. The number of para-hydroxylation sites is 1.